The number of aryl methyl sites for hydroxylation is 1. The van der Waals surface area contributed by atoms with Gasteiger partial charge in [0.1, 0.15) is 0 Å². The number of carbonyl (C=O) groups excluding carboxylic acids is 1. The quantitative estimate of drug-likeness (QED) is 0.664. The molecule has 2 aromatic carbocycles. The summed E-state index contributed by atoms with van der Waals surface area (Å²) in [5, 5.41) is 0. The van der Waals surface area contributed by atoms with E-state index in [1.54, 1.807) is 30.0 Å². The smallest absolute Gasteiger partial charge is 0.248 e. The van der Waals surface area contributed by atoms with Crippen molar-refractivity contribution >= 4 is 23.4 Å². The van der Waals surface area contributed by atoms with Crippen molar-refractivity contribution in [2.24, 2.45) is 5.73 Å². The van der Waals surface area contributed by atoms with Crippen LogP contribution in [0, 0.1) is 6.92 Å². The fourth-order valence-corrected chi connectivity index (χ4v) is 2.72. The van der Waals surface area contributed by atoms with Crippen LogP contribution in [0.25, 0.3) is 0 Å². The summed E-state index contributed by atoms with van der Waals surface area (Å²) in [5.41, 5.74) is 14.8. The Morgan fingerprint density at radius 3 is 2.68 bits per heavy atom. The van der Waals surface area contributed by atoms with Gasteiger partial charge in [0.2, 0.25) is 5.91 Å². The molecule has 3 nitrogen and oxygen atoms in total. The van der Waals surface area contributed by atoms with E-state index in [1.165, 1.54) is 11.1 Å². The Labute approximate surface area is 117 Å². The topological polar surface area (TPSA) is 69.1 Å². The molecule has 0 unspecified atom stereocenters. The van der Waals surface area contributed by atoms with Crippen LogP contribution in [0.4, 0.5) is 5.69 Å². The van der Waals surface area contributed by atoms with Crippen LogP contribution in [0.1, 0.15) is 21.5 Å². The number of hydrogen-bond acceptors (Lipinski definition) is 3. The van der Waals surface area contributed by atoms with E-state index in [1.807, 2.05) is 6.07 Å². The molecule has 4 N–H and O–H groups in total. The van der Waals surface area contributed by atoms with E-state index in [2.05, 4.69) is 25.1 Å². The summed E-state index contributed by atoms with van der Waals surface area (Å²) < 4.78 is 0. The first-order chi connectivity index (χ1) is 9.06. The van der Waals surface area contributed by atoms with Crippen LogP contribution < -0.4 is 11.5 Å². The lowest BCUT2D eigenvalue weighted by Gasteiger charge is -2.07. The number of hydrogen-bond donors (Lipinski definition) is 2. The molecular formula is C15H16N2OS. The third-order valence-corrected chi connectivity index (χ3v) is 3.92. The number of anilines is 1. The molecule has 0 spiro atoms. The van der Waals surface area contributed by atoms with Gasteiger partial charge < -0.3 is 11.5 Å². The van der Waals surface area contributed by atoms with E-state index in [-0.39, 0.29) is 0 Å². The molecule has 0 fully saturated rings. The number of benzene rings is 2. The van der Waals surface area contributed by atoms with E-state index in [0.717, 1.165) is 10.6 Å². The molecule has 19 heavy (non-hydrogen) atoms. The Morgan fingerprint density at radius 1 is 1.21 bits per heavy atom. The van der Waals surface area contributed by atoms with Gasteiger partial charge >= 0.3 is 0 Å². The summed E-state index contributed by atoms with van der Waals surface area (Å²) in [7, 11) is 0. The molecule has 0 aliphatic rings. The molecule has 0 aromatic heterocycles. The predicted octanol–water partition coefficient (Wildman–Crippen LogP) is 2.97. The fourth-order valence-electron chi connectivity index (χ4n) is 1.78. The zero-order valence-corrected chi connectivity index (χ0v) is 11.5. The second-order valence-corrected chi connectivity index (χ2v) is 5.41. The summed E-state index contributed by atoms with van der Waals surface area (Å²) in [6, 6.07) is 13.4. The van der Waals surface area contributed by atoms with Gasteiger partial charge in [-0.2, -0.15) is 0 Å². The van der Waals surface area contributed by atoms with Crippen molar-refractivity contribution in [1.29, 1.82) is 0 Å². The van der Waals surface area contributed by atoms with Crippen LogP contribution in [-0.2, 0) is 5.75 Å². The number of thioether (sulfide) groups is 1. The average Bonchev–Trinajstić information content (AvgIpc) is 2.37. The zero-order chi connectivity index (χ0) is 13.8. The van der Waals surface area contributed by atoms with Crippen molar-refractivity contribution in [3.8, 4) is 0 Å². The molecular weight excluding hydrogens is 256 g/mol. The SMILES string of the molecule is Cc1cccc(CSc2cc(C(N)=O)ccc2N)c1. The molecule has 0 aliphatic carbocycles. The van der Waals surface area contributed by atoms with Gasteiger partial charge in [-0.15, -0.1) is 11.8 Å². The lowest BCUT2D eigenvalue weighted by atomic mass is 10.2. The van der Waals surface area contributed by atoms with E-state index in [9.17, 15) is 4.79 Å². The van der Waals surface area contributed by atoms with Crippen molar-refractivity contribution in [1.82, 2.24) is 0 Å². The second kappa shape index (κ2) is 5.80. The average molecular weight is 272 g/mol. The molecule has 0 radical (unpaired) electrons. The van der Waals surface area contributed by atoms with Crippen molar-refractivity contribution in [2.45, 2.75) is 17.6 Å². The number of carbonyl (C=O) groups is 1. The molecule has 98 valence electrons. The Hall–Kier alpha value is -1.94. The molecule has 0 saturated heterocycles. The lowest BCUT2D eigenvalue weighted by molar-refractivity contribution is 0.1000. The molecule has 2 aromatic rings. The minimum Gasteiger partial charge on any atom is -0.398 e. The Morgan fingerprint density at radius 2 is 2.00 bits per heavy atom. The van der Waals surface area contributed by atoms with E-state index in [0.29, 0.717) is 11.3 Å². The van der Waals surface area contributed by atoms with Crippen LogP contribution in [-0.4, -0.2) is 5.91 Å². The van der Waals surface area contributed by atoms with E-state index < -0.39 is 5.91 Å². The molecule has 0 bridgehead atoms. The van der Waals surface area contributed by atoms with Gasteiger partial charge in [-0.25, -0.2) is 0 Å². The molecule has 0 saturated carbocycles. The molecule has 0 heterocycles. The summed E-state index contributed by atoms with van der Waals surface area (Å²) >= 11 is 1.61. The minimum atomic E-state index is -0.433. The highest BCUT2D eigenvalue weighted by Crippen LogP contribution is 2.29. The standard InChI is InChI=1S/C15H16N2OS/c1-10-3-2-4-11(7-10)9-19-14-8-12(15(17)18)5-6-13(14)16/h2-8H,9,16H2,1H3,(H2,17,18). The third-order valence-electron chi connectivity index (χ3n) is 2.77. The minimum absolute atomic E-state index is 0.433. The van der Waals surface area contributed by atoms with Crippen LogP contribution in [0.15, 0.2) is 47.4 Å². The van der Waals surface area contributed by atoms with E-state index >= 15 is 0 Å². The summed E-state index contributed by atoms with van der Waals surface area (Å²) in [6.07, 6.45) is 0. The van der Waals surface area contributed by atoms with Crippen LogP contribution in [0.5, 0.6) is 0 Å². The highest BCUT2D eigenvalue weighted by molar-refractivity contribution is 7.98. The number of amides is 1. The lowest BCUT2D eigenvalue weighted by Crippen LogP contribution is -2.11. The molecule has 0 aliphatic heterocycles. The normalized spacial score (nSPS) is 10.4. The van der Waals surface area contributed by atoms with Crippen molar-refractivity contribution in [3.05, 3.63) is 59.2 Å². The predicted molar refractivity (Wildman–Crippen MR) is 80.1 cm³/mol. The fraction of sp³-hybridized carbons (Fsp3) is 0.133. The van der Waals surface area contributed by atoms with Crippen LogP contribution >= 0.6 is 11.8 Å². The first-order valence-corrected chi connectivity index (χ1v) is 6.92. The third kappa shape index (κ3) is 3.51. The second-order valence-electron chi connectivity index (χ2n) is 4.39. The van der Waals surface area contributed by atoms with Gasteiger partial charge in [0.05, 0.1) is 0 Å². The van der Waals surface area contributed by atoms with Crippen molar-refractivity contribution in [2.75, 3.05) is 5.73 Å². The first-order valence-electron chi connectivity index (χ1n) is 5.94. The maximum atomic E-state index is 11.2. The van der Waals surface area contributed by atoms with Gasteiger partial charge in [0.25, 0.3) is 0 Å². The van der Waals surface area contributed by atoms with Gasteiger partial charge in [-0.3, -0.25) is 4.79 Å². The Kier molecular flexibility index (Phi) is 4.12. The monoisotopic (exact) mass is 272 g/mol. The van der Waals surface area contributed by atoms with Crippen molar-refractivity contribution in [3.63, 3.8) is 0 Å². The number of nitrogens with two attached hydrogens (primary N) is 2. The van der Waals surface area contributed by atoms with Gasteiger partial charge in [-0.05, 0) is 30.7 Å². The summed E-state index contributed by atoms with van der Waals surface area (Å²) in [4.78, 5) is 12.0. The summed E-state index contributed by atoms with van der Waals surface area (Å²) in [5.74, 6) is 0.381. The Bertz CT molecular complexity index is 611. The zero-order valence-electron chi connectivity index (χ0n) is 10.7. The van der Waals surface area contributed by atoms with Crippen LogP contribution in [0.3, 0.4) is 0 Å². The summed E-state index contributed by atoms with van der Waals surface area (Å²) in [6.45, 7) is 2.07. The van der Waals surface area contributed by atoms with Crippen molar-refractivity contribution < 1.29 is 4.79 Å². The highest BCUT2D eigenvalue weighted by atomic mass is 32.2. The number of rotatable bonds is 4. The largest absolute Gasteiger partial charge is 0.398 e. The Balaban J connectivity index is 2.15. The molecule has 1 amide bonds. The first kappa shape index (κ1) is 13.5. The maximum Gasteiger partial charge on any atom is 0.248 e. The highest BCUT2D eigenvalue weighted by Gasteiger charge is 2.06. The van der Waals surface area contributed by atoms with Gasteiger partial charge in [0, 0.05) is 21.9 Å². The van der Waals surface area contributed by atoms with E-state index in [4.69, 9.17) is 11.5 Å². The molecule has 0 atom stereocenters. The molecule has 4 heteroatoms. The van der Waals surface area contributed by atoms with Crippen LogP contribution in [0.2, 0.25) is 0 Å². The van der Waals surface area contributed by atoms with Gasteiger partial charge in [0.15, 0.2) is 0 Å². The number of nitrogen functional groups attached to an aromatic ring is 1. The van der Waals surface area contributed by atoms with Gasteiger partial charge in [-0.1, -0.05) is 29.8 Å². The molecule has 2 rings (SSSR count). The number of primary amides is 1. The maximum absolute atomic E-state index is 11.2.